The van der Waals surface area contributed by atoms with Gasteiger partial charge in [0.2, 0.25) is 0 Å². The molecule has 0 amide bonds. The zero-order chi connectivity index (χ0) is 10.1. The highest BCUT2D eigenvalue weighted by atomic mass is 14.8. The van der Waals surface area contributed by atoms with E-state index in [1.165, 1.54) is 64.5 Å². The van der Waals surface area contributed by atoms with Crippen molar-refractivity contribution in [3.8, 4) is 0 Å². The Kier molecular flexibility index (Phi) is 6.77. The van der Waals surface area contributed by atoms with Gasteiger partial charge in [-0.1, -0.05) is 38.2 Å². The predicted molar refractivity (Wildman–Crippen MR) is 63.5 cm³/mol. The van der Waals surface area contributed by atoms with Crippen LogP contribution in [0.1, 0.15) is 51.4 Å². The van der Waals surface area contributed by atoms with E-state index in [-0.39, 0.29) is 0 Å². The van der Waals surface area contributed by atoms with Gasteiger partial charge in [0.15, 0.2) is 0 Å². The fourth-order valence-electron chi connectivity index (χ4n) is 2.26. The molecule has 14 heavy (non-hydrogen) atoms. The quantitative estimate of drug-likeness (QED) is 0.665. The van der Waals surface area contributed by atoms with Gasteiger partial charge >= 0.3 is 0 Å². The van der Waals surface area contributed by atoms with E-state index >= 15 is 0 Å². The van der Waals surface area contributed by atoms with Gasteiger partial charge < -0.3 is 5.32 Å². The Bertz CT molecular complexity index is 130. The molecule has 82 valence electrons. The van der Waals surface area contributed by atoms with Crippen LogP contribution in [0.15, 0.2) is 12.7 Å². The molecule has 0 spiro atoms. The van der Waals surface area contributed by atoms with E-state index in [1.54, 1.807) is 0 Å². The summed E-state index contributed by atoms with van der Waals surface area (Å²) in [7, 11) is 0. The molecule has 1 saturated heterocycles. The van der Waals surface area contributed by atoms with E-state index in [0.29, 0.717) is 0 Å². The van der Waals surface area contributed by atoms with E-state index in [9.17, 15) is 0 Å². The first-order valence-electron chi connectivity index (χ1n) is 6.25. The van der Waals surface area contributed by atoms with E-state index in [1.807, 2.05) is 0 Å². The predicted octanol–water partition coefficient (Wildman–Crippen LogP) is 3.51. The molecule has 0 bridgehead atoms. The van der Waals surface area contributed by atoms with Crippen molar-refractivity contribution >= 4 is 0 Å². The average molecular weight is 195 g/mol. The maximum absolute atomic E-state index is 3.85. The molecule has 0 aromatic heterocycles. The standard InChI is InChI=1S/C13H25N/c1-2-8-13-9-6-4-3-5-7-11-14-12-10-13/h2,13-14H,1,3-12H2. The maximum Gasteiger partial charge on any atom is -0.00462 e. The minimum Gasteiger partial charge on any atom is -0.317 e. The molecule has 1 rings (SSSR count). The van der Waals surface area contributed by atoms with E-state index in [4.69, 9.17) is 0 Å². The Morgan fingerprint density at radius 1 is 1.00 bits per heavy atom. The van der Waals surface area contributed by atoms with Gasteiger partial charge in [0, 0.05) is 0 Å². The van der Waals surface area contributed by atoms with Crippen LogP contribution in [0.4, 0.5) is 0 Å². The van der Waals surface area contributed by atoms with Gasteiger partial charge in [0.1, 0.15) is 0 Å². The molecule has 1 unspecified atom stereocenters. The summed E-state index contributed by atoms with van der Waals surface area (Å²) in [5.74, 6) is 0.887. The lowest BCUT2D eigenvalue weighted by atomic mass is 9.94. The monoisotopic (exact) mass is 195 g/mol. The van der Waals surface area contributed by atoms with Crippen LogP contribution in [-0.2, 0) is 0 Å². The zero-order valence-corrected chi connectivity index (χ0v) is 9.43. The van der Waals surface area contributed by atoms with Crippen molar-refractivity contribution < 1.29 is 0 Å². The Labute approximate surface area is 89.0 Å². The van der Waals surface area contributed by atoms with Crippen LogP contribution in [0.25, 0.3) is 0 Å². The van der Waals surface area contributed by atoms with Gasteiger partial charge in [-0.2, -0.15) is 0 Å². The molecule has 0 aliphatic carbocycles. The smallest absolute Gasteiger partial charge is 0.00462 e. The Morgan fingerprint density at radius 3 is 2.64 bits per heavy atom. The second-order valence-corrected chi connectivity index (χ2v) is 4.49. The summed E-state index contributed by atoms with van der Waals surface area (Å²) in [6.07, 6.45) is 13.1. The summed E-state index contributed by atoms with van der Waals surface area (Å²) in [6.45, 7) is 6.28. The molecule has 1 atom stereocenters. The van der Waals surface area contributed by atoms with Gasteiger partial charge in [0.05, 0.1) is 0 Å². The molecule has 0 aromatic carbocycles. The third-order valence-corrected chi connectivity index (χ3v) is 3.20. The number of nitrogens with one attached hydrogen (secondary N) is 1. The van der Waals surface area contributed by atoms with E-state index in [2.05, 4.69) is 18.0 Å². The average Bonchev–Trinajstić information content (AvgIpc) is 2.24. The zero-order valence-electron chi connectivity index (χ0n) is 9.43. The third kappa shape index (κ3) is 5.43. The molecule has 0 radical (unpaired) electrons. The normalized spacial score (nSPS) is 26.4. The number of allylic oxidation sites excluding steroid dienone is 1. The van der Waals surface area contributed by atoms with Crippen LogP contribution in [0.3, 0.4) is 0 Å². The second kappa shape index (κ2) is 8.05. The van der Waals surface area contributed by atoms with E-state index < -0.39 is 0 Å². The molecule has 1 N–H and O–H groups in total. The van der Waals surface area contributed by atoms with Crippen LogP contribution in [0.2, 0.25) is 0 Å². The first-order chi connectivity index (χ1) is 6.93. The fourth-order valence-corrected chi connectivity index (χ4v) is 2.26. The molecule has 0 saturated carbocycles. The number of rotatable bonds is 2. The molecule has 1 heterocycles. The summed E-state index contributed by atoms with van der Waals surface area (Å²) in [6, 6.07) is 0. The van der Waals surface area contributed by atoms with Crippen molar-refractivity contribution in [1.29, 1.82) is 0 Å². The van der Waals surface area contributed by atoms with Gasteiger partial charge in [-0.3, -0.25) is 0 Å². The lowest BCUT2D eigenvalue weighted by Gasteiger charge is -2.14. The lowest BCUT2D eigenvalue weighted by Crippen LogP contribution is -2.19. The van der Waals surface area contributed by atoms with Gasteiger partial charge in [-0.05, 0) is 38.3 Å². The fraction of sp³-hybridized carbons (Fsp3) is 0.846. The lowest BCUT2D eigenvalue weighted by molar-refractivity contribution is 0.426. The molecule has 1 nitrogen and oxygen atoms in total. The number of hydrogen-bond acceptors (Lipinski definition) is 1. The Hall–Kier alpha value is -0.300. The summed E-state index contributed by atoms with van der Waals surface area (Å²) in [5.41, 5.74) is 0. The van der Waals surface area contributed by atoms with Gasteiger partial charge in [-0.15, -0.1) is 6.58 Å². The molecular weight excluding hydrogens is 170 g/mol. The molecule has 1 aliphatic rings. The SMILES string of the molecule is C=CCC1CCCCCCCNCC1. The molecule has 0 aromatic rings. The Morgan fingerprint density at radius 2 is 1.79 bits per heavy atom. The van der Waals surface area contributed by atoms with Crippen molar-refractivity contribution in [1.82, 2.24) is 5.32 Å². The summed E-state index contributed by atoms with van der Waals surface area (Å²) >= 11 is 0. The van der Waals surface area contributed by atoms with E-state index in [0.717, 1.165) is 5.92 Å². The summed E-state index contributed by atoms with van der Waals surface area (Å²) in [5, 5.41) is 3.54. The second-order valence-electron chi connectivity index (χ2n) is 4.49. The minimum absolute atomic E-state index is 0.887. The Balaban J connectivity index is 2.23. The molecule has 1 heteroatoms. The van der Waals surface area contributed by atoms with Crippen molar-refractivity contribution in [2.45, 2.75) is 51.4 Å². The third-order valence-electron chi connectivity index (χ3n) is 3.20. The van der Waals surface area contributed by atoms with Crippen molar-refractivity contribution in [3.63, 3.8) is 0 Å². The van der Waals surface area contributed by atoms with Crippen molar-refractivity contribution in [2.24, 2.45) is 5.92 Å². The van der Waals surface area contributed by atoms with Crippen LogP contribution in [-0.4, -0.2) is 13.1 Å². The van der Waals surface area contributed by atoms with Crippen molar-refractivity contribution in [3.05, 3.63) is 12.7 Å². The highest BCUT2D eigenvalue weighted by Gasteiger charge is 2.07. The first-order valence-corrected chi connectivity index (χ1v) is 6.25. The van der Waals surface area contributed by atoms with Crippen molar-refractivity contribution in [2.75, 3.05) is 13.1 Å². The van der Waals surface area contributed by atoms with Crippen LogP contribution in [0, 0.1) is 5.92 Å². The number of hydrogen-bond donors (Lipinski definition) is 1. The first kappa shape index (κ1) is 11.8. The van der Waals surface area contributed by atoms with Crippen LogP contribution >= 0.6 is 0 Å². The highest BCUT2D eigenvalue weighted by Crippen LogP contribution is 2.18. The summed E-state index contributed by atoms with van der Waals surface area (Å²) in [4.78, 5) is 0. The molecular formula is C13H25N. The maximum atomic E-state index is 3.85. The molecule has 1 fully saturated rings. The molecule has 1 aliphatic heterocycles. The highest BCUT2D eigenvalue weighted by molar-refractivity contribution is 4.74. The minimum atomic E-state index is 0.887. The largest absolute Gasteiger partial charge is 0.317 e. The summed E-state index contributed by atoms with van der Waals surface area (Å²) < 4.78 is 0. The topological polar surface area (TPSA) is 12.0 Å². The van der Waals surface area contributed by atoms with Crippen LogP contribution < -0.4 is 5.32 Å². The van der Waals surface area contributed by atoms with Gasteiger partial charge in [-0.25, -0.2) is 0 Å². The van der Waals surface area contributed by atoms with Gasteiger partial charge in [0.25, 0.3) is 0 Å². The van der Waals surface area contributed by atoms with Crippen LogP contribution in [0.5, 0.6) is 0 Å².